The third-order valence-corrected chi connectivity index (χ3v) is 2.93. The van der Waals surface area contributed by atoms with Gasteiger partial charge in [0.15, 0.2) is 0 Å². The zero-order valence-electron chi connectivity index (χ0n) is 10.6. The molecule has 0 saturated heterocycles. The van der Waals surface area contributed by atoms with Crippen molar-refractivity contribution in [1.82, 2.24) is 0 Å². The molecule has 0 spiro atoms. The minimum atomic E-state index is 0.270. The summed E-state index contributed by atoms with van der Waals surface area (Å²) >= 11 is 4.36. The second-order valence-corrected chi connectivity index (χ2v) is 5.30. The van der Waals surface area contributed by atoms with Crippen LogP contribution in [0.15, 0.2) is 0 Å². The van der Waals surface area contributed by atoms with Gasteiger partial charge < -0.3 is 9.47 Å². The van der Waals surface area contributed by atoms with Crippen LogP contribution in [0.5, 0.6) is 0 Å². The second kappa shape index (κ2) is 8.43. The molecule has 0 saturated carbocycles. The van der Waals surface area contributed by atoms with Crippen LogP contribution in [0, 0.1) is 11.3 Å². The number of thiol groups is 1. The van der Waals surface area contributed by atoms with E-state index in [1.165, 1.54) is 0 Å². The van der Waals surface area contributed by atoms with E-state index in [4.69, 9.17) is 9.47 Å². The monoisotopic (exact) mass is 234 g/mol. The largest absolute Gasteiger partial charge is 0.379 e. The zero-order valence-corrected chi connectivity index (χ0v) is 11.5. The number of ether oxygens (including phenoxy) is 2. The lowest BCUT2D eigenvalue weighted by Gasteiger charge is -2.29. The molecule has 0 aliphatic rings. The summed E-state index contributed by atoms with van der Waals surface area (Å²) in [6.07, 6.45) is 1.07. The Balaban J connectivity index is 3.48. The molecule has 15 heavy (non-hydrogen) atoms. The first kappa shape index (κ1) is 15.3. The molecule has 0 aromatic carbocycles. The van der Waals surface area contributed by atoms with E-state index in [1.54, 1.807) is 0 Å². The lowest BCUT2D eigenvalue weighted by Crippen LogP contribution is -2.27. The molecule has 0 aromatic rings. The van der Waals surface area contributed by atoms with E-state index in [2.05, 4.69) is 40.3 Å². The molecule has 0 heterocycles. The van der Waals surface area contributed by atoms with Crippen LogP contribution >= 0.6 is 12.6 Å². The Morgan fingerprint density at radius 3 is 2.13 bits per heavy atom. The summed E-state index contributed by atoms with van der Waals surface area (Å²) < 4.78 is 10.9. The molecule has 92 valence electrons. The van der Waals surface area contributed by atoms with Crippen LogP contribution in [0.4, 0.5) is 0 Å². The van der Waals surface area contributed by atoms with Crippen LogP contribution in [0.1, 0.15) is 34.1 Å². The van der Waals surface area contributed by atoms with Crippen molar-refractivity contribution in [2.24, 2.45) is 11.3 Å². The first-order valence-electron chi connectivity index (χ1n) is 5.78. The molecule has 0 aliphatic carbocycles. The van der Waals surface area contributed by atoms with E-state index in [-0.39, 0.29) is 5.41 Å². The summed E-state index contributed by atoms with van der Waals surface area (Å²) in [5.74, 6) is 1.38. The maximum absolute atomic E-state index is 5.59. The van der Waals surface area contributed by atoms with Crippen LogP contribution in [0.3, 0.4) is 0 Å². The van der Waals surface area contributed by atoms with E-state index < -0.39 is 0 Å². The molecular weight excluding hydrogens is 208 g/mol. The van der Waals surface area contributed by atoms with E-state index in [0.29, 0.717) is 19.1 Å². The van der Waals surface area contributed by atoms with Gasteiger partial charge in [-0.1, -0.05) is 27.7 Å². The highest BCUT2D eigenvalue weighted by molar-refractivity contribution is 7.80. The fraction of sp³-hybridized carbons (Fsp3) is 1.00. The predicted molar refractivity (Wildman–Crippen MR) is 68.7 cm³/mol. The average Bonchev–Trinajstić information content (AvgIpc) is 2.15. The van der Waals surface area contributed by atoms with Gasteiger partial charge >= 0.3 is 0 Å². The molecule has 2 nitrogen and oxygen atoms in total. The quantitative estimate of drug-likeness (QED) is 0.514. The molecule has 1 unspecified atom stereocenters. The number of hydrogen-bond donors (Lipinski definition) is 1. The van der Waals surface area contributed by atoms with Gasteiger partial charge in [0, 0.05) is 6.61 Å². The van der Waals surface area contributed by atoms with Gasteiger partial charge in [-0.2, -0.15) is 12.6 Å². The summed E-state index contributed by atoms with van der Waals surface area (Å²) in [5.41, 5.74) is 0.270. The van der Waals surface area contributed by atoms with Crippen molar-refractivity contribution in [2.45, 2.75) is 34.1 Å². The Morgan fingerprint density at radius 1 is 1.07 bits per heavy atom. The van der Waals surface area contributed by atoms with Crippen LogP contribution in [0.25, 0.3) is 0 Å². The highest BCUT2D eigenvalue weighted by Crippen LogP contribution is 2.26. The first-order chi connectivity index (χ1) is 7.02. The smallest absolute Gasteiger partial charge is 0.0700 e. The molecule has 0 amide bonds. The van der Waals surface area contributed by atoms with Gasteiger partial charge in [0.2, 0.25) is 0 Å². The SMILES string of the molecule is CCCOCCOCC(CS)C(C)(C)C. The maximum Gasteiger partial charge on any atom is 0.0700 e. The van der Waals surface area contributed by atoms with E-state index in [9.17, 15) is 0 Å². The standard InChI is InChI=1S/C12H26O2S/c1-5-6-13-7-8-14-9-11(10-15)12(2,3)4/h11,15H,5-10H2,1-4H3. The minimum absolute atomic E-state index is 0.270. The Morgan fingerprint density at radius 2 is 1.67 bits per heavy atom. The zero-order chi connectivity index (χ0) is 11.7. The topological polar surface area (TPSA) is 18.5 Å². The van der Waals surface area contributed by atoms with Gasteiger partial charge in [-0.25, -0.2) is 0 Å². The average molecular weight is 234 g/mol. The first-order valence-corrected chi connectivity index (χ1v) is 6.42. The third-order valence-electron chi connectivity index (χ3n) is 2.48. The summed E-state index contributed by atoms with van der Waals surface area (Å²) in [5, 5.41) is 0. The summed E-state index contributed by atoms with van der Waals surface area (Å²) in [4.78, 5) is 0. The molecular formula is C12H26O2S. The molecule has 0 aromatic heterocycles. The minimum Gasteiger partial charge on any atom is -0.379 e. The Bertz CT molecular complexity index is 143. The molecule has 3 heteroatoms. The lowest BCUT2D eigenvalue weighted by molar-refractivity contribution is 0.0193. The Hall–Kier alpha value is 0.270. The van der Waals surface area contributed by atoms with Gasteiger partial charge in [0.1, 0.15) is 0 Å². The number of rotatable bonds is 8. The molecule has 0 bridgehead atoms. The molecule has 0 aliphatic heterocycles. The van der Waals surface area contributed by atoms with Crippen LogP contribution in [0.2, 0.25) is 0 Å². The molecule has 0 fully saturated rings. The Kier molecular flexibility index (Phi) is 8.58. The van der Waals surface area contributed by atoms with E-state index in [1.807, 2.05) is 0 Å². The van der Waals surface area contributed by atoms with Crippen molar-refractivity contribution < 1.29 is 9.47 Å². The third kappa shape index (κ3) is 8.12. The highest BCUT2D eigenvalue weighted by atomic mass is 32.1. The van der Waals surface area contributed by atoms with Crippen LogP contribution in [-0.2, 0) is 9.47 Å². The lowest BCUT2D eigenvalue weighted by atomic mass is 9.82. The van der Waals surface area contributed by atoms with Crippen molar-refractivity contribution >= 4 is 12.6 Å². The highest BCUT2D eigenvalue weighted by Gasteiger charge is 2.23. The van der Waals surface area contributed by atoms with Crippen LogP contribution in [-0.4, -0.2) is 32.2 Å². The van der Waals surface area contributed by atoms with E-state index in [0.717, 1.165) is 25.4 Å². The molecule has 1 atom stereocenters. The van der Waals surface area contributed by atoms with Gasteiger partial charge in [0.05, 0.1) is 19.8 Å². The second-order valence-electron chi connectivity index (χ2n) is 4.93. The van der Waals surface area contributed by atoms with E-state index >= 15 is 0 Å². The molecule has 0 rings (SSSR count). The fourth-order valence-corrected chi connectivity index (χ4v) is 1.82. The molecule has 0 N–H and O–H groups in total. The molecule has 0 radical (unpaired) electrons. The van der Waals surface area contributed by atoms with Crippen molar-refractivity contribution in [1.29, 1.82) is 0 Å². The van der Waals surface area contributed by atoms with Crippen molar-refractivity contribution in [3.8, 4) is 0 Å². The number of hydrogen-bond acceptors (Lipinski definition) is 3. The Labute approximate surface area is 100 Å². The maximum atomic E-state index is 5.59. The summed E-state index contributed by atoms with van der Waals surface area (Å²) in [6, 6.07) is 0. The van der Waals surface area contributed by atoms with Gasteiger partial charge in [0.25, 0.3) is 0 Å². The van der Waals surface area contributed by atoms with Crippen molar-refractivity contribution in [3.05, 3.63) is 0 Å². The predicted octanol–water partition coefficient (Wildman–Crippen LogP) is 3.02. The normalized spacial score (nSPS) is 14.2. The summed E-state index contributed by atoms with van der Waals surface area (Å²) in [6.45, 7) is 11.8. The van der Waals surface area contributed by atoms with Crippen molar-refractivity contribution in [2.75, 3.05) is 32.2 Å². The van der Waals surface area contributed by atoms with Gasteiger partial charge in [-0.15, -0.1) is 0 Å². The summed E-state index contributed by atoms with van der Waals surface area (Å²) in [7, 11) is 0. The fourth-order valence-electron chi connectivity index (χ4n) is 1.17. The van der Waals surface area contributed by atoms with Gasteiger partial charge in [-0.05, 0) is 23.5 Å². The van der Waals surface area contributed by atoms with Crippen LogP contribution < -0.4 is 0 Å². The van der Waals surface area contributed by atoms with Gasteiger partial charge in [-0.3, -0.25) is 0 Å². The van der Waals surface area contributed by atoms with Crippen molar-refractivity contribution in [3.63, 3.8) is 0 Å².